The predicted octanol–water partition coefficient (Wildman–Crippen LogP) is 1.57. The lowest BCUT2D eigenvalue weighted by Crippen LogP contribution is -2.09. The van der Waals surface area contributed by atoms with E-state index in [0.717, 1.165) is 9.26 Å². The molecule has 1 rings (SSSR count). The lowest BCUT2D eigenvalue weighted by atomic mass is 10.4. The van der Waals surface area contributed by atoms with Crippen LogP contribution in [0.1, 0.15) is 5.69 Å². The molecule has 1 aromatic rings. The number of pyridine rings is 1. The number of carbonyl (C=O) groups excluding carboxylic acids is 1. The summed E-state index contributed by atoms with van der Waals surface area (Å²) in [5, 5.41) is 2.47. The standard InChI is InChI=1S/C9H7IN2O/c1-3-9(13)12-8-5-4-7(10)6(2)11-8/h1,4-5H,2H3,(H,11,12,13). The Morgan fingerprint density at radius 1 is 1.69 bits per heavy atom. The number of nitrogens with zero attached hydrogens (tertiary/aromatic N) is 1. The fourth-order valence-corrected chi connectivity index (χ4v) is 1.07. The van der Waals surface area contributed by atoms with Gasteiger partial charge in [-0.2, -0.15) is 0 Å². The van der Waals surface area contributed by atoms with Gasteiger partial charge in [0.1, 0.15) is 5.82 Å². The number of terminal acetylenes is 1. The zero-order valence-electron chi connectivity index (χ0n) is 6.97. The van der Waals surface area contributed by atoms with Gasteiger partial charge in [-0.1, -0.05) is 0 Å². The largest absolute Gasteiger partial charge is 0.301 e. The topological polar surface area (TPSA) is 42.0 Å². The minimum Gasteiger partial charge on any atom is -0.300 e. The van der Waals surface area contributed by atoms with Crippen molar-refractivity contribution in [3.63, 3.8) is 0 Å². The average molecular weight is 286 g/mol. The second-order valence-electron chi connectivity index (χ2n) is 2.36. The van der Waals surface area contributed by atoms with Crippen molar-refractivity contribution in [2.24, 2.45) is 0 Å². The normalized spacial score (nSPS) is 9.00. The molecule has 0 atom stereocenters. The molecule has 13 heavy (non-hydrogen) atoms. The van der Waals surface area contributed by atoms with Gasteiger partial charge in [0.15, 0.2) is 0 Å². The SMILES string of the molecule is C#CC(=O)Nc1ccc(I)c(C)n1. The number of carbonyl (C=O) groups is 1. The van der Waals surface area contributed by atoms with E-state index < -0.39 is 5.91 Å². The molecule has 0 fully saturated rings. The Kier molecular flexibility index (Phi) is 3.25. The van der Waals surface area contributed by atoms with Crippen molar-refractivity contribution in [1.29, 1.82) is 0 Å². The van der Waals surface area contributed by atoms with Gasteiger partial charge in [0.05, 0.1) is 5.69 Å². The molecule has 0 radical (unpaired) electrons. The van der Waals surface area contributed by atoms with Crippen LogP contribution in [0.2, 0.25) is 0 Å². The van der Waals surface area contributed by atoms with Crippen LogP contribution in [-0.2, 0) is 4.79 Å². The first-order chi connectivity index (χ1) is 6.13. The number of anilines is 1. The Hall–Kier alpha value is -1.09. The van der Waals surface area contributed by atoms with E-state index >= 15 is 0 Å². The summed E-state index contributed by atoms with van der Waals surface area (Å²) in [4.78, 5) is 14.9. The van der Waals surface area contributed by atoms with Crippen LogP contribution in [0.25, 0.3) is 0 Å². The van der Waals surface area contributed by atoms with E-state index in [4.69, 9.17) is 6.42 Å². The fourth-order valence-electron chi connectivity index (χ4n) is 0.766. The molecule has 0 aliphatic heterocycles. The lowest BCUT2D eigenvalue weighted by molar-refractivity contribution is -0.111. The molecule has 0 bridgehead atoms. The highest BCUT2D eigenvalue weighted by Gasteiger charge is 2.00. The van der Waals surface area contributed by atoms with Crippen molar-refractivity contribution >= 4 is 34.3 Å². The van der Waals surface area contributed by atoms with Gasteiger partial charge in [-0.05, 0) is 47.6 Å². The summed E-state index contributed by atoms with van der Waals surface area (Å²) in [5.74, 6) is 1.96. The number of hydrogen-bond acceptors (Lipinski definition) is 2. The molecule has 0 aromatic carbocycles. The van der Waals surface area contributed by atoms with Crippen LogP contribution in [0.15, 0.2) is 12.1 Å². The lowest BCUT2D eigenvalue weighted by Gasteiger charge is -2.02. The van der Waals surface area contributed by atoms with Crippen LogP contribution in [0.4, 0.5) is 5.82 Å². The number of amides is 1. The summed E-state index contributed by atoms with van der Waals surface area (Å²) < 4.78 is 1.05. The quantitative estimate of drug-likeness (QED) is 0.629. The van der Waals surface area contributed by atoms with Gasteiger partial charge in [0.25, 0.3) is 0 Å². The summed E-state index contributed by atoms with van der Waals surface area (Å²) in [6.07, 6.45) is 4.90. The maximum Gasteiger partial charge on any atom is 0.301 e. The highest BCUT2D eigenvalue weighted by molar-refractivity contribution is 14.1. The molecule has 0 unspecified atom stereocenters. The molecular weight excluding hydrogens is 279 g/mol. The zero-order chi connectivity index (χ0) is 9.84. The maximum atomic E-state index is 10.8. The van der Waals surface area contributed by atoms with Crippen molar-refractivity contribution in [1.82, 2.24) is 4.98 Å². The second-order valence-corrected chi connectivity index (χ2v) is 3.52. The van der Waals surface area contributed by atoms with Crippen LogP contribution >= 0.6 is 22.6 Å². The summed E-state index contributed by atoms with van der Waals surface area (Å²) in [6.45, 7) is 1.87. The third-order valence-corrected chi connectivity index (χ3v) is 2.53. The molecule has 3 nitrogen and oxygen atoms in total. The van der Waals surface area contributed by atoms with E-state index in [-0.39, 0.29) is 0 Å². The monoisotopic (exact) mass is 286 g/mol. The number of halogens is 1. The highest BCUT2D eigenvalue weighted by atomic mass is 127. The summed E-state index contributed by atoms with van der Waals surface area (Å²) in [5.41, 5.74) is 0.871. The van der Waals surface area contributed by atoms with Crippen molar-refractivity contribution in [3.8, 4) is 12.3 Å². The van der Waals surface area contributed by atoms with Gasteiger partial charge in [0.2, 0.25) is 0 Å². The van der Waals surface area contributed by atoms with E-state index in [2.05, 4.69) is 32.9 Å². The summed E-state index contributed by atoms with van der Waals surface area (Å²) in [6, 6.07) is 3.58. The van der Waals surface area contributed by atoms with Gasteiger partial charge < -0.3 is 0 Å². The van der Waals surface area contributed by atoms with E-state index in [0.29, 0.717) is 5.82 Å². The molecule has 1 amide bonds. The Balaban J connectivity index is 2.87. The minimum absolute atomic E-state index is 0.479. The summed E-state index contributed by atoms with van der Waals surface area (Å²) in [7, 11) is 0. The predicted molar refractivity (Wildman–Crippen MR) is 59.2 cm³/mol. The number of aryl methyl sites for hydroxylation is 1. The van der Waals surface area contributed by atoms with Crippen molar-refractivity contribution < 1.29 is 4.79 Å². The number of aromatic nitrogens is 1. The maximum absolute atomic E-state index is 10.8. The molecule has 0 aliphatic rings. The Morgan fingerprint density at radius 3 is 2.92 bits per heavy atom. The molecule has 0 saturated carbocycles. The minimum atomic E-state index is -0.479. The van der Waals surface area contributed by atoms with Gasteiger partial charge in [-0.15, -0.1) is 6.42 Å². The molecular formula is C9H7IN2O. The molecule has 66 valence electrons. The number of nitrogens with one attached hydrogen (secondary N) is 1. The van der Waals surface area contributed by atoms with Gasteiger partial charge >= 0.3 is 5.91 Å². The molecule has 1 aromatic heterocycles. The molecule has 1 heterocycles. The Labute approximate surface area is 90.1 Å². The van der Waals surface area contributed by atoms with Crippen LogP contribution in [-0.4, -0.2) is 10.9 Å². The Morgan fingerprint density at radius 2 is 2.38 bits per heavy atom. The first-order valence-corrected chi connectivity index (χ1v) is 4.62. The fraction of sp³-hybridized carbons (Fsp3) is 0.111. The van der Waals surface area contributed by atoms with E-state index in [1.165, 1.54) is 0 Å². The first-order valence-electron chi connectivity index (χ1n) is 3.54. The molecule has 0 saturated heterocycles. The Bertz CT molecular complexity index is 382. The zero-order valence-corrected chi connectivity index (χ0v) is 9.12. The van der Waals surface area contributed by atoms with E-state index in [1.54, 1.807) is 6.07 Å². The van der Waals surface area contributed by atoms with Crippen molar-refractivity contribution in [2.75, 3.05) is 5.32 Å². The van der Waals surface area contributed by atoms with Crippen LogP contribution in [0.5, 0.6) is 0 Å². The number of hydrogen-bond donors (Lipinski definition) is 1. The third kappa shape index (κ3) is 2.70. The van der Waals surface area contributed by atoms with Crippen LogP contribution < -0.4 is 5.32 Å². The second kappa shape index (κ2) is 4.23. The smallest absolute Gasteiger partial charge is 0.300 e. The number of rotatable bonds is 1. The van der Waals surface area contributed by atoms with Crippen LogP contribution in [0, 0.1) is 22.8 Å². The van der Waals surface area contributed by atoms with E-state index in [9.17, 15) is 4.79 Å². The molecule has 0 spiro atoms. The molecule has 4 heteroatoms. The summed E-state index contributed by atoms with van der Waals surface area (Å²) >= 11 is 2.17. The van der Waals surface area contributed by atoms with Gasteiger partial charge in [-0.3, -0.25) is 10.1 Å². The highest BCUT2D eigenvalue weighted by Crippen LogP contribution is 2.11. The average Bonchev–Trinajstić information content (AvgIpc) is 2.11. The van der Waals surface area contributed by atoms with Crippen molar-refractivity contribution in [2.45, 2.75) is 6.92 Å². The van der Waals surface area contributed by atoms with E-state index in [1.807, 2.05) is 18.9 Å². The first kappa shape index (κ1) is 9.99. The molecule has 0 aliphatic carbocycles. The van der Waals surface area contributed by atoms with Gasteiger partial charge in [-0.25, -0.2) is 4.98 Å². The third-order valence-electron chi connectivity index (χ3n) is 1.39. The van der Waals surface area contributed by atoms with Crippen LogP contribution in [0.3, 0.4) is 0 Å². The van der Waals surface area contributed by atoms with Crippen molar-refractivity contribution in [3.05, 3.63) is 21.4 Å². The molecule has 1 N–H and O–H groups in total. The van der Waals surface area contributed by atoms with Gasteiger partial charge in [0, 0.05) is 3.57 Å².